The number of hydrogen-bond acceptors (Lipinski definition) is 4. The van der Waals surface area contributed by atoms with Gasteiger partial charge in [0.25, 0.3) is 0 Å². The van der Waals surface area contributed by atoms with Gasteiger partial charge in [0.1, 0.15) is 21.5 Å². The molecular weight excluding hydrogens is 359 g/mol. The van der Waals surface area contributed by atoms with Crippen molar-refractivity contribution in [2.75, 3.05) is 0 Å². The summed E-state index contributed by atoms with van der Waals surface area (Å²) in [5, 5.41) is 19.0. The predicted octanol–water partition coefficient (Wildman–Crippen LogP) is 3.49. The normalized spacial score (nSPS) is 16.1. The molecule has 1 atom stereocenters. The average molecular weight is 366 g/mol. The predicted molar refractivity (Wildman–Crippen MR) is 74.9 cm³/mol. The van der Waals surface area contributed by atoms with Crippen LogP contribution in [0.3, 0.4) is 0 Å². The number of carbonyl (C=O) groups excluding carboxylic acids is 2. The van der Waals surface area contributed by atoms with E-state index in [1.54, 1.807) is 6.92 Å². The van der Waals surface area contributed by atoms with Crippen molar-refractivity contribution in [2.45, 2.75) is 11.8 Å². The lowest BCUT2D eigenvalue weighted by atomic mass is 9.87. The third kappa shape index (κ3) is 2.06. The zero-order chi connectivity index (χ0) is 14.5. The Hall–Kier alpha value is -1.04. The van der Waals surface area contributed by atoms with E-state index in [0.717, 1.165) is 6.08 Å². The summed E-state index contributed by atoms with van der Waals surface area (Å²) in [6, 6.07) is 0. The van der Waals surface area contributed by atoms with Gasteiger partial charge >= 0.3 is 0 Å². The molecule has 7 heteroatoms. The molecule has 0 bridgehead atoms. The molecule has 0 saturated carbocycles. The Balaban J connectivity index is 2.84. The standard InChI is InChI=1S/C12H7BrCl2O4/c1-3(13)4-2-5(16)6-7(10(4)17)12(19)9(15)8(14)11(6)18/h2-3,18-19H,1H3. The number of phenols is 2. The van der Waals surface area contributed by atoms with Crippen molar-refractivity contribution in [1.29, 1.82) is 0 Å². The van der Waals surface area contributed by atoms with E-state index < -0.39 is 23.1 Å². The van der Waals surface area contributed by atoms with E-state index in [9.17, 15) is 19.8 Å². The second-order valence-electron chi connectivity index (χ2n) is 3.98. The topological polar surface area (TPSA) is 74.6 Å². The summed E-state index contributed by atoms with van der Waals surface area (Å²) < 4.78 is 0. The Labute approximate surface area is 126 Å². The quantitative estimate of drug-likeness (QED) is 0.590. The lowest BCUT2D eigenvalue weighted by Gasteiger charge is -2.20. The molecule has 0 radical (unpaired) electrons. The van der Waals surface area contributed by atoms with Gasteiger partial charge in [-0.3, -0.25) is 9.59 Å². The molecule has 1 aliphatic rings. The van der Waals surface area contributed by atoms with Gasteiger partial charge in [0, 0.05) is 10.4 Å². The second-order valence-corrected chi connectivity index (χ2v) is 6.11. The zero-order valence-electron chi connectivity index (χ0n) is 9.50. The molecule has 100 valence electrons. The van der Waals surface area contributed by atoms with Crippen LogP contribution in [0.5, 0.6) is 11.5 Å². The van der Waals surface area contributed by atoms with Gasteiger partial charge < -0.3 is 10.2 Å². The minimum atomic E-state index is -0.609. The number of fused-ring (bicyclic) bond motifs is 1. The van der Waals surface area contributed by atoms with E-state index in [1.807, 2.05) is 0 Å². The van der Waals surface area contributed by atoms with Crippen LogP contribution in [0, 0.1) is 0 Å². The van der Waals surface area contributed by atoms with Gasteiger partial charge in [-0.25, -0.2) is 0 Å². The first-order valence-electron chi connectivity index (χ1n) is 5.15. The van der Waals surface area contributed by atoms with Crippen LogP contribution in [-0.4, -0.2) is 26.6 Å². The van der Waals surface area contributed by atoms with Crippen molar-refractivity contribution in [3.63, 3.8) is 0 Å². The fourth-order valence-electron chi connectivity index (χ4n) is 1.84. The SMILES string of the molecule is CC(Br)C1=CC(=O)c2c(O)c(Cl)c(Cl)c(O)c2C1=O. The van der Waals surface area contributed by atoms with E-state index in [2.05, 4.69) is 15.9 Å². The number of carbonyl (C=O) groups is 2. The third-order valence-electron chi connectivity index (χ3n) is 2.78. The number of hydrogen-bond donors (Lipinski definition) is 2. The molecule has 2 rings (SSSR count). The summed E-state index contributed by atoms with van der Waals surface area (Å²) in [6.07, 6.45) is 1.10. The number of halogens is 3. The molecule has 0 amide bonds. The number of rotatable bonds is 1. The highest BCUT2D eigenvalue weighted by Gasteiger charge is 2.35. The van der Waals surface area contributed by atoms with Crippen molar-refractivity contribution < 1.29 is 19.8 Å². The van der Waals surface area contributed by atoms with E-state index in [1.165, 1.54) is 0 Å². The number of ketones is 2. The van der Waals surface area contributed by atoms with Crippen LogP contribution in [-0.2, 0) is 0 Å². The first kappa shape index (κ1) is 14.4. The molecule has 0 aromatic heterocycles. The van der Waals surface area contributed by atoms with Crippen molar-refractivity contribution in [1.82, 2.24) is 0 Å². The third-order valence-corrected chi connectivity index (χ3v) is 4.11. The lowest BCUT2D eigenvalue weighted by Crippen LogP contribution is -2.21. The number of aromatic hydroxyl groups is 2. The number of benzene rings is 1. The number of allylic oxidation sites excluding steroid dienone is 2. The molecule has 0 aliphatic heterocycles. The van der Waals surface area contributed by atoms with Crippen LogP contribution in [0.4, 0.5) is 0 Å². The lowest BCUT2D eigenvalue weighted by molar-refractivity contribution is 0.0978. The summed E-state index contributed by atoms with van der Waals surface area (Å²) in [6.45, 7) is 1.66. The molecule has 2 N–H and O–H groups in total. The van der Waals surface area contributed by atoms with E-state index in [4.69, 9.17) is 23.2 Å². The molecule has 0 spiro atoms. The number of phenolic OH excluding ortho intramolecular Hbond substituents is 2. The van der Waals surface area contributed by atoms with E-state index in [-0.39, 0.29) is 31.6 Å². The van der Waals surface area contributed by atoms with Crippen LogP contribution in [0.2, 0.25) is 10.0 Å². The zero-order valence-corrected chi connectivity index (χ0v) is 12.6. The molecule has 0 fully saturated rings. The Morgan fingerprint density at radius 2 is 1.58 bits per heavy atom. The summed E-state index contributed by atoms with van der Waals surface area (Å²) >= 11 is 14.6. The van der Waals surface area contributed by atoms with Crippen molar-refractivity contribution in [2.24, 2.45) is 0 Å². The number of alkyl halides is 1. The maximum absolute atomic E-state index is 12.2. The number of Topliss-reactive ketones (excluding diaryl/α,β-unsaturated/α-hetero) is 1. The van der Waals surface area contributed by atoms with E-state index in [0.29, 0.717) is 0 Å². The Morgan fingerprint density at radius 1 is 1.11 bits per heavy atom. The molecule has 19 heavy (non-hydrogen) atoms. The van der Waals surface area contributed by atoms with Crippen LogP contribution in [0.15, 0.2) is 11.6 Å². The highest BCUT2D eigenvalue weighted by Crippen LogP contribution is 2.46. The minimum absolute atomic E-state index is 0.172. The maximum Gasteiger partial charge on any atom is 0.194 e. The average Bonchev–Trinajstić information content (AvgIpc) is 2.35. The van der Waals surface area contributed by atoms with Gasteiger partial charge in [0.05, 0.1) is 11.1 Å². The molecule has 0 heterocycles. The molecule has 0 saturated heterocycles. The fourth-order valence-corrected chi connectivity index (χ4v) is 2.55. The Kier molecular flexibility index (Phi) is 3.64. The molecule has 1 unspecified atom stereocenters. The molecule has 1 aromatic carbocycles. The first-order chi connectivity index (χ1) is 8.77. The molecule has 1 aliphatic carbocycles. The van der Waals surface area contributed by atoms with Gasteiger partial charge in [-0.2, -0.15) is 0 Å². The van der Waals surface area contributed by atoms with Gasteiger partial charge in [0.15, 0.2) is 11.6 Å². The minimum Gasteiger partial charge on any atom is -0.506 e. The summed E-state index contributed by atoms with van der Waals surface area (Å²) in [5.41, 5.74) is -0.472. The molecule has 1 aromatic rings. The van der Waals surface area contributed by atoms with Crippen molar-refractivity contribution in [3.8, 4) is 11.5 Å². The van der Waals surface area contributed by atoms with Crippen LogP contribution in [0.1, 0.15) is 27.6 Å². The van der Waals surface area contributed by atoms with E-state index >= 15 is 0 Å². The van der Waals surface area contributed by atoms with Crippen LogP contribution in [0.25, 0.3) is 0 Å². The first-order valence-corrected chi connectivity index (χ1v) is 6.82. The molecular formula is C12H7BrCl2O4. The van der Waals surface area contributed by atoms with Gasteiger partial charge in [-0.1, -0.05) is 39.1 Å². The smallest absolute Gasteiger partial charge is 0.194 e. The van der Waals surface area contributed by atoms with Crippen molar-refractivity contribution >= 4 is 50.7 Å². The van der Waals surface area contributed by atoms with Crippen LogP contribution < -0.4 is 0 Å². The fraction of sp³-hybridized carbons (Fsp3) is 0.167. The summed E-state index contributed by atoms with van der Waals surface area (Å²) in [4.78, 5) is 23.8. The largest absolute Gasteiger partial charge is 0.506 e. The maximum atomic E-state index is 12.2. The summed E-state index contributed by atoms with van der Waals surface area (Å²) in [7, 11) is 0. The van der Waals surface area contributed by atoms with Crippen LogP contribution >= 0.6 is 39.1 Å². The van der Waals surface area contributed by atoms with Gasteiger partial charge in [0.2, 0.25) is 0 Å². The van der Waals surface area contributed by atoms with Gasteiger partial charge in [-0.05, 0) is 13.0 Å². The molecule has 4 nitrogen and oxygen atoms in total. The summed E-state index contributed by atoms with van der Waals surface area (Å²) in [5.74, 6) is -2.39. The second kappa shape index (κ2) is 4.81. The highest BCUT2D eigenvalue weighted by molar-refractivity contribution is 9.09. The van der Waals surface area contributed by atoms with Crippen molar-refractivity contribution in [3.05, 3.63) is 32.8 Å². The Bertz CT molecular complexity index is 650. The Morgan fingerprint density at radius 3 is 2.05 bits per heavy atom. The monoisotopic (exact) mass is 364 g/mol. The van der Waals surface area contributed by atoms with Gasteiger partial charge in [-0.15, -0.1) is 0 Å². The highest BCUT2D eigenvalue weighted by atomic mass is 79.9.